The van der Waals surface area contributed by atoms with Crippen LogP contribution >= 0.6 is 0 Å². The Balaban J connectivity index is 0.000000139. The van der Waals surface area contributed by atoms with Crippen molar-refractivity contribution in [2.45, 2.75) is 62.3 Å². The van der Waals surface area contributed by atoms with Gasteiger partial charge in [-0.3, -0.25) is 44.9 Å². The quantitative estimate of drug-likeness (QED) is 0.130. The second-order valence-corrected chi connectivity index (χ2v) is 25.3. The van der Waals surface area contributed by atoms with Crippen molar-refractivity contribution < 1.29 is 0 Å². The monoisotopic (exact) mass is 1540 g/mol. The lowest BCUT2D eigenvalue weighted by atomic mass is 10.1. The maximum Gasteiger partial charge on any atom is 0.178 e. The molecule has 23 nitrogen and oxygen atoms in total. The number of nitrogens with zero attached hydrogens (tertiary/aromatic N) is 23. The summed E-state index contributed by atoms with van der Waals surface area (Å²) in [4.78, 5) is 95.6. The Labute approximate surface area is 681 Å². The van der Waals surface area contributed by atoms with Crippen LogP contribution in [-0.4, -0.2) is 115 Å². The predicted octanol–water partition coefficient (Wildman–Crippen LogP) is 19.0. The van der Waals surface area contributed by atoms with E-state index in [0.717, 1.165) is 131 Å². The number of rotatable bonds is 9. The summed E-state index contributed by atoms with van der Waals surface area (Å²) in [5, 5.41) is 0. The zero-order valence-corrected chi connectivity index (χ0v) is 66.3. The summed E-state index contributed by atoms with van der Waals surface area (Å²) in [5.41, 5.74) is 20.2. The molecule has 2 aromatic carbocycles. The van der Waals surface area contributed by atoms with E-state index >= 15 is 0 Å². The topological polar surface area (TPSA) is 296 Å². The SMILES string of the molecule is Cc1cc(-c2cccnc2)ccn1.Cc1cc(-c2ccncc2)ccn1.Cc1ccnc(-c2ccccc2)n1.Cc1ccnc(-c2ccccn2)n1.Cc1ccnc(-c2cccnc2)n1.Cc1ccnc(-c2ccncc2)n1.Cc1nccc(-c2ccccc2)n1.Cc1nccc(-c2ccccn2)n1.Cc1nccc(-c2cccnc2)n1. The molecule has 0 radical (unpaired) electrons. The molecule has 0 saturated carbocycles. The fourth-order valence-corrected chi connectivity index (χ4v) is 10.4. The van der Waals surface area contributed by atoms with E-state index in [-0.39, 0.29) is 0 Å². The van der Waals surface area contributed by atoms with Crippen LogP contribution in [0.25, 0.3) is 102 Å². The van der Waals surface area contributed by atoms with Crippen LogP contribution in [0.1, 0.15) is 51.6 Å². The van der Waals surface area contributed by atoms with Crippen LogP contribution in [-0.2, 0) is 0 Å². The highest BCUT2D eigenvalue weighted by atomic mass is 14.9. The number of aromatic nitrogens is 23. The molecule has 0 atom stereocenters. The number of hydrogen-bond acceptors (Lipinski definition) is 23. The highest BCUT2D eigenvalue weighted by molar-refractivity contribution is 5.64. The van der Waals surface area contributed by atoms with E-state index in [1.807, 2.05) is 293 Å². The first-order valence-electron chi connectivity index (χ1n) is 37.1. The Hall–Kier alpha value is -15.7. The Morgan fingerprint density at radius 2 is 0.487 bits per heavy atom. The fourth-order valence-electron chi connectivity index (χ4n) is 10.4. The second-order valence-electron chi connectivity index (χ2n) is 25.3. The molecule has 16 aromatic heterocycles. The molecule has 0 spiro atoms. The molecule has 117 heavy (non-hydrogen) atoms. The molecule has 576 valence electrons. The molecule has 0 amide bonds. The minimum absolute atomic E-state index is 0.681. The van der Waals surface area contributed by atoms with Crippen molar-refractivity contribution in [3.8, 4) is 102 Å². The van der Waals surface area contributed by atoms with Gasteiger partial charge < -0.3 is 0 Å². The third-order valence-electron chi connectivity index (χ3n) is 16.0. The lowest BCUT2D eigenvalue weighted by Crippen LogP contribution is -1.91. The van der Waals surface area contributed by atoms with Crippen molar-refractivity contribution in [3.63, 3.8) is 0 Å². The van der Waals surface area contributed by atoms with Crippen molar-refractivity contribution in [2.75, 3.05) is 0 Å². The number of pyridine rings is 9. The summed E-state index contributed by atoms with van der Waals surface area (Å²) >= 11 is 0. The van der Waals surface area contributed by atoms with E-state index in [1.54, 1.807) is 112 Å². The van der Waals surface area contributed by atoms with E-state index in [9.17, 15) is 0 Å². The fraction of sp³-hybridized carbons (Fsp3) is 0.0957. The zero-order valence-electron chi connectivity index (χ0n) is 66.3. The van der Waals surface area contributed by atoms with Crippen molar-refractivity contribution in [1.29, 1.82) is 0 Å². The Morgan fingerprint density at radius 3 is 0.915 bits per heavy atom. The van der Waals surface area contributed by atoms with Gasteiger partial charge in [0.05, 0.1) is 22.8 Å². The molecule has 0 unspecified atom stereocenters. The third kappa shape index (κ3) is 29.2. The summed E-state index contributed by atoms with van der Waals surface area (Å²) < 4.78 is 0. The smallest absolute Gasteiger partial charge is 0.178 e. The van der Waals surface area contributed by atoms with E-state index in [2.05, 4.69) is 127 Å². The van der Waals surface area contributed by atoms with Crippen molar-refractivity contribution in [1.82, 2.24) is 115 Å². The Bertz CT molecular complexity index is 4730. The van der Waals surface area contributed by atoms with Crippen LogP contribution in [0.5, 0.6) is 0 Å². The van der Waals surface area contributed by atoms with Gasteiger partial charge in [0.1, 0.15) is 23.2 Å². The summed E-state index contributed by atoms with van der Waals surface area (Å²) in [6.07, 6.45) is 37.2. The van der Waals surface area contributed by atoms with Crippen LogP contribution in [0.15, 0.2) is 355 Å². The van der Waals surface area contributed by atoms with E-state index in [1.165, 1.54) is 16.7 Å². The van der Waals surface area contributed by atoms with Gasteiger partial charge in [-0.15, -0.1) is 0 Å². The largest absolute Gasteiger partial charge is 0.265 e. The van der Waals surface area contributed by atoms with Crippen LogP contribution in [0, 0.1) is 62.3 Å². The van der Waals surface area contributed by atoms with Gasteiger partial charge in [-0.2, -0.15) is 0 Å². The van der Waals surface area contributed by atoms with Crippen molar-refractivity contribution in [3.05, 3.63) is 406 Å². The first kappa shape index (κ1) is 83.8. The number of hydrogen-bond donors (Lipinski definition) is 0. The molecular weight excluding hydrogens is 1450 g/mol. The molecule has 0 fully saturated rings. The molecule has 0 saturated heterocycles. The van der Waals surface area contributed by atoms with Crippen LogP contribution in [0.4, 0.5) is 0 Å². The van der Waals surface area contributed by atoms with Crippen LogP contribution in [0.3, 0.4) is 0 Å². The van der Waals surface area contributed by atoms with E-state index < -0.39 is 0 Å². The minimum atomic E-state index is 0.681. The summed E-state index contributed by atoms with van der Waals surface area (Å²) in [6, 6.07) is 72.3. The van der Waals surface area contributed by atoms with Gasteiger partial charge in [0.25, 0.3) is 0 Å². The van der Waals surface area contributed by atoms with Gasteiger partial charge in [0, 0.05) is 198 Å². The number of benzene rings is 2. The maximum absolute atomic E-state index is 4.33. The van der Waals surface area contributed by atoms with Gasteiger partial charge in [0.15, 0.2) is 23.3 Å². The van der Waals surface area contributed by atoms with Crippen LogP contribution < -0.4 is 0 Å². The molecule has 0 N–H and O–H groups in total. The average molecular weight is 1540 g/mol. The highest BCUT2D eigenvalue weighted by Gasteiger charge is 2.06. The van der Waals surface area contributed by atoms with Crippen molar-refractivity contribution in [2.24, 2.45) is 0 Å². The van der Waals surface area contributed by atoms with E-state index in [0.29, 0.717) is 5.82 Å². The molecule has 16 heterocycles. The molecule has 23 heteroatoms. The third-order valence-corrected chi connectivity index (χ3v) is 16.0. The average Bonchev–Trinajstić information content (AvgIpc) is 0.932. The van der Waals surface area contributed by atoms with Gasteiger partial charge in [-0.1, -0.05) is 78.9 Å². The first-order valence-corrected chi connectivity index (χ1v) is 37.1. The van der Waals surface area contributed by atoms with Gasteiger partial charge in [-0.05, 0) is 225 Å². The lowest BCUT2D eigenvalue weighted by molar-refractivity contribution is 1.05. The highest BCUT2D eigenvalue weighted by Crippen LogP contribution is 2.22. The predicted molar refractivity (Wildman–Crippen MR) is 459 cm³/mol. The summed E-state index contributed by atoms with van der Waals surface area (Å²) in [6.45, 7) is 17.4. The molecule has 0 aliphatic carbocycles. The van der Waals surface area contributed by atoms with Crippen molar-refractivity contribution >= 4 is 0 Å². The van der Waals surface area contributed by atoms with E-state index in [4.69, 9.17) is 0 Å². The molecule has 18 aromatic rings. The molecule has 0 bridgehead atoms. The van der Waals surface area contributed by atoms with Gasteiger partial charge in [0.2, 0.25) is 0 Å². The molecule has 0 aliphatic heterocycles. The molecule has 18 rings (SSSR count). The van der Waals surface area contributed by atoms with Gasteiger partial charge in [-0.25, -0.2) is 69.8 Å². The minimum Gasteiger partial charge on any atom is -0.265 e. The summed E-state index contributed by atoms with van der Waals surface area (Å²) in [7, 11) is 0. The van der Waals surface area contributed by atoms with Gasteiger partial charge >= 0.3 is 0 Å². The second kappa shape index (κ2) is 46.2. The Morgan fingerprint density at radius 1 is 0.154 bits per heavy atom. The Kier molecular flexibility index (Phi) is 33.1. The maximum atomic E-state index is 4.33. The normalized spacial score (nSPS) is 9.92. The first-order chi connectivity index (χ1) is 57.2. The van der Waals surface area contributed by atoms with Crippen LogP contribution in [0.2, 0.25) is 0 Å². The number of aryl methyl sites for hydroxylation is 9. The molecular formula is C94H85N23. The lowest BCUT2D eigenvalue weighted by Gasteiger charge is -2.00. The standard InChI is InChI=1S/4C11H10N2.5C10H9N3/c1-9-8-11(4-7-13-9)10-2-5-12-6-3-10;1-9-7-10(4-6-13-9)11-3-2-5-12-8-11;1-9-12-8-7-11(13-9)10-5-3-2-4-6-10;1-9-7-8-12-11(13-9)10-5-3-2-4-6-10;1-8-2-7-12-10(13-8)9-3-5-11-6-4-9;1-8-12-6-4-10(13-8)9-3-2-5-11-7-9;1-8-4-6-12-10(13-8)9-3-2-5-11-7-9;1-8-11-7-5-10(13-8)9-4-2-3-6-12-9;1-8-5-7-12-10(13-8)9-4-2-3-6-11-9/h4*2-8H,1H3;5*2-7H,1H3. The summed E-state index contributed by atoms with van der Waals surface area (Å²) in [5.74, 6) is 5.31. The zero-order chi connectivity index (χ0) is 81.9. The molecule has 0 aliphatic rings.